The van der Waals surface area contributed by atoms with Crippen molar-refractivity contribution in [3.63, 3.8) is 0 Å². The third-order valence-corrected chi connectivity index (χ3v) is 8.98. The van der Waals surface area contributed by atoms with Gasteiger partial charge in [0.15, 0.2) is 0 Å². The number of nitrogens with one attached hydrogen (secondary N) is 2. The van der Waals surface area contributed by atoms with E-state index in [1.54, 1.807) is 18.6 Å². The predicted molar refractivity (Wildman–Crippen MR) is 144 cm³/mol. The van der Waals surface area contributed by atoms with Crippen LogP contribution < -0.4 is 11.1 Å². The molecule has 5 N–H and O–H groups in total. The zero-order valence-electron chi connectivity index (χ0n) is 21.7. The van der Waals surface area contributed by atoms with Crippen LogP contribution in [0.4, 0.5) is 5.69 Å². The fourth-order valence-electron chi connectivity index (χ4n) is 5.26. The number of benzene rings is 1. The van der Waals surface area contributed by atoms with E-state index >= 15 is 0 Å². The number of para-hydroxylation sites is 1. The van der Waals surface area contributed by atoms with Crippen LogP contribution in [0.15, 0.2) is 35.6 Å². The standard InChI is InChI=1S/C25H36N6O5S.ClH/c1-16-9-10-30(21(12-16)24(26)32)25(33)20(7-4-6-19-14-27-15-29-19)31(34)37(35,36)22-8-3-5-18-11-17(2)13-28-23(18)22;/h3,5,8,14-17,20-21,28,34H,4,6-7,9-13H2,1-2H3,(H2,26,32)(H,27,29);1H. The number of imidazole rings is 1. The molecule has 2 aliphatic heterocycles. The average Bonchev–Trinajstić information content (AvgIpc) is 3.38. The van der Waals surface area contributed by atoms with Gasteiger partial charge in [0.1, 0.15) is 17.0 Å². The molecule has 4 rings (SSSR count). The van der Waals surface area contributed by atoms with E-state index in [9.17, 15) is 23.2 Å². The molecule has 210 valence electrons. The van der Waals surface area contributed by atoms with Crippen LogP contribution in [0, 0.1) is 11.8 Å². The summed E-state index contributed by atoms with van der Waals surface area (Å²) in [6, 6.07) is 2.67. The van der Waals surface area contributed by atoms with Gasteiger partial charge in [0.25, 0.3) is 10.0 Å². The van der Waals surface area contributed by atoms with Crippen LogP contribution in [-0.2, 0) is 32.5 Å². The number of amides is 2. The lowest BCUT2D eigenvalue weighted by Crippen LogP contribution is -2.58. The minimum atomic E-state index is -4.47. The Bertz CT molecular complexity index is 1220. The third-order valence-electron chi connectivity index (χ3n) is 7.34. The first-order chi connectivity index (χ1) is 17.6. The Morgan fingerprint density at radius 3 is 2.74 bits per heavy atom. The summed E-state index contributed by atoms with van der Waals surface area (Å²) in [7, 11) is -4.47. The molecule has 2 aliphatic rings. The van der Waals surface area contributed by atoms with Gasteiger partial charge in [0.2, 0.25) is 11.8 Å². The highest BCUT2D eigenvalue weighted by Gasteiger charge is 2.42. The first-order valence-electron chi connectivity index (χ1n) is 12.8. The number of hydrogen-bond acceptors (Lipinski definition) is 7. The normalized spacial score (nSPS) is 22.2. The topological polar surface area (TPSA) is 162 Å². The molecule has 1 aromatic carbocycles. The van der Waals surface area contributed by atoms with E-state index in [2.05, 4.69) is 22.2 Å². The molecule has 0 radical (unpaired) electrons. The van der Waals surface area contributed by atoms with Crippen molar-refractivity contribution in [3.8, 4) is 0 Å². The molecule has 1 fully saturated rings. The number of aromatic amines is 1. The Morgan fingerprint density at radius 2 is 2.05 bits per heavy atom. The van der Waals surface area contributed by atoms with Gasteiger partial charge < -0.3 is 20.9 Å². The number of nitrogens with two attached hydrogens (primary N) is 1. The average molecular weight is 569 g/mol. The molecule has 4 unspecified atom stereocenters. The lowest BCUT2D eigenvalue weighted by Gasteiger charge is -2.39. The number of halogens is 1. The molecular formula is C25H37ClN6O5S. The second-order valence-electron chi connectivity index (χ2n) is 10.3. The molecule has 2 aromatic rings. The highest BCUT2D eigenvalue weighted by Crippen LogP contribution is 2.34. The minimum Gasteiger partial charge on any atom is -0.383 e. The van der Waals surface area contributed by atoms with Crippen LogP contribution in [-0.4, -0.2) is 69.9 Å². The Kier molecular flexibility index (Phi) is 9.80. The van der Waals surface area contributed by atoms with Crippen molar-refractivity contribution in [1.82, 2.24) is 19.3 Å². The molecule has 0 aliphatic carbocycles. The quantitative estimate of drug-likeness (QED) is 0.337. The number of rotatable bonds is 9. The lowest BCUT2D eigenvalue weighted by atomic mass is 9.91. The van der Waals surface area contributed by atoms with Crippen molar-refractivity contribution in [3.05, 3.63) is 42.0 Å². The van der Waals surface area contributed by atoms with Crippen molar-refractivity contribution >= 4 is 39.9 Å². The van der Waals surface area contributed by atoms with Gasteiger partial charge in [-0.3, -0.25) is 14.8 Å². The van der Waals surface area contributed by atoms with Gasteiger partial charge in [0.05, 0.1) is 12.0 Å². The van der Waals surface area contributed by atoms with Gasteiger partial charge in [-0.2, -0.15) is 0 Å². The zero-order chi connectivity index (χ0) is 26.7. The number of H-pyrrole nitrogens is 1. The van der Waals surface area contributed by atoms with Gasteiger partial charge in [-0.05, 0) is 62.0 Å². The van der Waals surface area contributed by atoms with Crippen molar-refractivity contribution in [2.75, 3.05) is 18.4 Å². The maximum atomic E-state index is 13.8. The van der Waals surface area contributed by atoms with E-state index in [1.807, 2.05) is 13.0 Å². The van der Waals surface area contributed by atoms with Gasteiger partial charge in [-0.1, -0.05) is 30.4 Å². The minimum absolute atomic E-state index is 0. The second-order valence-corrected chi connectivity index (χ2v) is 12.1. The highest BCUT2D eigenvalue weighted by atomic mass is 35.5. The molecule has 0 spiro atoms. The molecule has 38 heavy (non-hydrogen) atoms. The number of hydroxylamine groups is 1. The fraction of sp³-hybridized carbons (Fsp3) is 0.560. The molecule has 13 heteroatoms. The van der Waals surface area contributed by atoms with E-state index in [0.29, 0.717) is 50.3 Å². The number of fused-ring (bicyclic) bond motifs is 1. The Hall–Kier alpha value is -2.67. The summed E-state index contributed by atoms with van der Waals surface area (Å²) in [4.78, 5) is 34.2. The summed E-state index contributed by atoms with van der Waals surface area (Å²) in [6.07, 6.45) is 5.91. The van der Waals surface area contributed by atoms with Crippen LogP contribution >= 0.6 is 12.4 Å². The van der Waals surface area contributed by atoms with Crippen molar-refractivity contribution < 1.29 is 23.2 Å². The van der Waals surface area contributed by atoms with Crippen LogP contribution in [0.25, 0.3) is 0 Å². The largest absolute Gasteiger partial charge is 0.383 e. The predicted octanol–water partition coefficient (Wildman–Crippen LogP) is 2.32. The first-order valence-corrected chi connectivity index (χ1v) is 14.2. The van der Waals surface area contributed by atoms with Gasteiger partial charge in [0, 0.05) is 25.0 Å². The molecule has 0 bridgehead atoms. The monoisotopic (exact) mass is 568 g/mol. The number of aromatic nitrogens is 2. The Morgan fingerprint density at radius 1 is 1.29 bits per heavy atom. The molecule has 1 aromatic heterocycles. The Balaban J connectivity index is 0.00000400. The SMILES string of the molecule is CC1CNc2c(cccc2S(=O)(=O)N(O)C(CCCc2cnc[nH]2)C(=O)N2CCC(C)CC2C(N)=O)C1.Cl. The molecule has 1 saturated heterocycles. The van der Waals surface area contributed by atoms with Gasteiger partial charge in [-0.25, -0.2) is 13.4 Å². The van der Waals surface area contributed by atoms with Crippen LogP contribution in [0.5, 0.6) is 0 Å². The van der Waals surface area contributed by atoms with Crippen molar-refractivity contribution in [2.45, 2.75) is 69.4 Å². The molecule has 3 heterocycles. The molecule has 4 atom stereocenters. The molecule has 2 amide bonds. The summed E-state index contributed by atoms with van der Waals surface area (Å²) in [5, 5.41) is 14.4. The van der Waals surface area contributed by atoms with Crippen LogP contribution in [0.1, 0.15) is 50.8 Å². The first kappa shape index (κ1) is 29.9. The summed E-state index contributed by atoms with van der Waals surface area (Å²) >= 11 is 0. The number of likely N-dealkylation sites (tertiary alicyclic amines) is 1. The second kappa shape index (κ2) is 12.5. The van der Waals surface area contributed by atoms with Crippen molar-refractivity contribution in [2.24, 2.45) is 17.6 Å². The number of primary amides is 1. The number of piperidine rings is 1. The van der Waals surface area contributed by atoms with E-state index < -0.39 is 33.9 Å². The number of hydrogen-bond donors (Lipinski definition) is 4. The van der Waals surface area contributed by atoms with Gasteiger partial charge >= 0.3 is 0 Å². The van der Waals surface area contributed by atoms with Crippen LogP contribution in [0.3, 0.4) is 0 Å². The number of carbonyl (C=O) groups is 2. The number of carbonyl (C=O) groups excluding carboxylic acids is 2. The summed E-state index contributed by atoms with van der Waals surface area (Å²) in [6.45, 7) is 4.91. The fourth-order valence-corrected chi connectivity index (χ4v) is 6.70. The number of aryl methyl sites for hydroxylation is 1. The maximum Gasteiger partial charge on any atom is 0.267 e. The molecule has 0 saturated carbocycles. The van der Waals surface area contributed by atoms with Crippen LogP contribution in [0.2, 0.25) is 0 Å². The third kappa shape index (κ3) is 6.31. The Labute approximate surface area is 229 Å². The number of nitrogens with zero attached hydrogens (tertiary/aromatic N) is 3. The molecular weight excluding hydrogens is 532 g/mol. The van der Waals surface area contributed by atoms with Gasteiger partial charge in [-0.15, -0.1) is 12.4 Å². The van der Waals surface area contributed by atoms with E-state index in [0.717, 1.165) is 11.3 Å². The maximum absolute atomic E-state index is 13.8. The summed E-state index contributed by atoms with van der Waals surface area (Å²) < 4.78 is 27.7. The summed E-state index contributed by atoms with van der Waals surface area (Å²) in [5.74, 6) is -0.741. The number of anilines is 1. The molecule has 11 nitrogen and oxygen atoms in total. The summed E-state index contributed by atoms with van der Waals surface area (Å²) in [5.41, 5.74) is 7.74. The number of sulfonamides is 1. The zero-order valence-corrected chi connectivity index (χ0v) is 23.3. The highest BCUT2D eigenvalue weighted by molar-refractivity contribution is 7.89. The smallest absolute Gasteiger partial charge is 0.267 e. The lowest BCUT2D eigenvalue weighted by molar-refractivity contribution is -0.153. The van der Waals surface area contributed by atoms with E-state index in [1.165, 1.54) is 11.0 Å². The van der Waals surface area contributed by atoms with E-state index in [-0.39, 0.29) is 40.7 Å². The van der Waals surface area contributed by atoms with E-state index in [4.69, 9.17) is 5.73 Å². The van der Waals surface area contributed by atoms with Crippen molar-refractivity contribution in [1.29, 1.82) is 0 Å².